The molecule has 0 fully saturated rings. The lowest BCUT2D eigenvalue weighted by atomic mass is 10.5. The summed E-state index contributed by atoms with van der Waals surface area (Å²) < 4.78 is 0. The van der Waals surface area contributed by atoms with Crippen LogP contribution in [0.2, 0.25) is 0 Å². The first-order valence-corrected chi connectivity index (χ1v) is 4.57. The number of rotatable bonds is 1. The van der Waals surface area contributed by atoms with Crippen molar-refractivity contribution in [1.29, 1.82) is 0 Å². The third-order valence-corrected chi connectivity index (χ3v) is 1.52. The summed E-state index contributed by atoms with van der Waals surface area (Å²) in [6.45, 7) is 1.39. The van der Waals surface area contributed by atoms with Gasteiger partial charge in [-0.2, -0.15) is 0 Å². The Morgan fingerprint density at radius 1 is 1.44 bits per heavy atom. The number of aromatic nitrogens is 4. The Kier molecular flexibility index (Phi) is 4.49. The van der Waals surface area contributed by atoms with Crippen molar-refractivity contribution >= 4 is 11.2 Å². The Bertz CT molecular complexity index is 497. The van der Waals surface area contributed by atoms with Gasteiger partial charge in [-0.25, -0.2) is 15.0 Å². The molecule has 86 valence electrons. The molecule has 2 rings (SSSR count). The summed E-state index contributed by atoms with van der Waals surface area (Å²) in [5.74, 6) is 0. The molecular weight excluding hydrogens is 212 g/mol. The summed E-state index contributed by atoms with van der Waals surface area (Å²) in [6, 6.07) is 0. The maximum absolute atomic E-state index is 10.7. The number of H-pyrrole nitrogens is 1. The molecule has 0 radical (unpaired) electrons. The zero-order valence-electron chi connectivity index (χ0n) is 8.66. The number of nitrogens with one attached hydrogen (secondary N) is 1. The van der Waals surface area contributed by atoms with E-state index >= 15 is 0 Å². The minimum atomic E-state index is -0.560. The van der Waals surface area contributed by atoms with Crippen molar-refractivity contribution in [2.45, 2.75) is 13.0 Å². The van der Waals surface area contributed by atoms with Crippen molar-refractivity contribution in [2.75, 3.05) is 6.61 Å². The number of hydrogen-bond donors (Lipinski definition) is 3. The Labute approximate surface area is 90.8 Å². The van der Waals surface area contributed by atoms with E-state index in [-0.39, 0.29) is 12.2 Å². The number of nitrogens with zero attached hydrogens (tertiary/aromatic N) is 3. The van der Waals surface area contributed by atoms with E-state index in [4.69, 9.17) is 10.2 Å². The van der Waals surface area contributed by atoms with E-state index in [1.165, 1.54) is 25.6 Å². The molecule has 16 heavy (non-hydrogen) atoms. The number of fused-ring (bicyclic) bond motifs is 1. The van der Waals surface area contributed by atoms with Gasteiger partial charge in [-0.1, -0.05) is 0 Å². The molecule has 0 amide bonds. The Morgan fingerprint density at radius 3 is 2.75 bits per heavy atom. The molecule has 0 saturated carbocycles. The second-order valence-electron chi connectivity index (χ2n) is 3.04. The van der Waals surface area contributed by atoms with Gasteiger partial charge in [0.2, 0.25) is 0 Å². The van der Waals surface area contributed by atoms with E-state index in [1.54, 1.807) is 0 Å². The molecule has 3 N–H and O–H groups in total. The lowest BCUT2D eigenvalue weighted by Gasteiger charge is -1.90. The van der Waals surface area contributed by atoms with Crippen LogP contribution in [0, 0.1) is 0 Å². The van der Waals surface area contributed by atoms with Crippen LogP contribution in [0.1, 0.15) is 6.92 Å². The van der Waals surface area contributed by atoms with Crippen LogP contribution in [-0.2, 0) is 0 Å². The van der Waals surface area contributed by atoms with Crippen LogP contribution in [0.4, 0.5) is 0 Å². The van der Waals surface area contributed by atoms with Crippen molar-refractivity contribution in [3.63, 3.8) is 0 Å². The molecule has 1 atom stereocenters. The van der Waals surface area contributed by atoms with Crippen molar-refractivity contribution in [2.24, 2.45) is 0 Å². The first-order valence-electron chi connectivity index (χ1n) is 4.57. The second kappa shape index (κ2) is 5.89. The van der Waals surface area contributed by atoms with Crippen LogP contribution in [-0.4, -0.2) is 42.9 Å². The van der Waals surface area contributed by atoms with Crippen molar-refractivity contribution < 1.29 is 10.2 Å². The maximum atomic E-state index is 10.7. The molecule has 7 heteroatoms. The van der Waals surface area contributed by atoms with Crippen LogP contribution in [0.25, 0.3) is 11.2 Å². The van der Waals surface area contributed by atoms with E-state index in [0.29, 0.717) is 11.2 Å². The van der Waals surface area contributed by atoms with E-state index < -0.39 is 6.10 Å². The molecule has 2 aromatic heterocycles. The van der Waals surface area contributed by atoms with E-state index in [0.717, 1.165) is 0 Å². The molecule has 7 nitrogen and oxygen atoms in total. The zero-order valence-corrected chi connectivity index (χ0v) is 8.66. The highest BCUT2D eigenvalue weighted by Gasteiger charge is 1.93. The van der Waals surface area contributed by atoms with E-state index in [1.807, 2.05) is 0 Å². The lowest BCUT2D eigenvalue weighted by Crippen LogP contribution is -2.05. The topological polar surface area (TPSA) is 112 Å². The van der Waals surface area contributed by atoms with Crippen LogP contribution >= 0.6 is 0 Å². The summed E-state index contributed by atoms with van der Waals surface area (Å²) >= 11 is 0. The minimum absolute atomic E-state index is 0.139. The molecule has 0 aliphatic carbocycles. The lowest BCUT2D eigenvalue weighted by molar-refractivity contribution is 0.110. The van der Waals surface area contributed by atoms with E-state index in [2.05, 4.69) is 19.9 Å². The standard InChI is InChI=1S/C6H4N4O.C3H8O2/c11-5-2-8-4-1-7-3-9-6(4)10-5;1-3(5)2-4/h1-3H,(H,7,9,10,11);3-5H,2H2,1H3. The Hall–Kier alpha value is -1.86. The van der Waals surface area contributed by atoms with Gasteiger partial charge in [0.25, 0.3) is 5.56 Å². The van der Waals surface area contributed by atoms with Crippen LogP contribution in [0.5, 0.6) is 0 Å². The van der Waals surface area contributed by atoms with Gasteiger partial charge in [0.15, 0.2) is 5.65 Å². The maximum Gasteiger partial charge on any atom is 0.268 e. The average Bonchev–Trinajstić information content (AvgIpc) is 2.29. The third-order valence-electron chi connectivity index (χ3n) is 1.52. The highest BCUT2D eigenvalue weighted by Crippen LogP contribution is 1.96. The largest absolute Gasteiger partial charge is 0.394 e. The first kappa shape index (κ1) is 12.2. The summed E-state index contributed by atoms with van der Waals surface area (Å²) in [7, 11) is 0. The normalized spacial score (nSPS) is 11.7. The van der Waals surface area contributed by atoms with Gasteiger partial charge in [0.1, 0.15) is 11.8 Å². The smallest absolute Gasteiger partial charge is 0.268 e. The summed E-state index contributed by atoms with van der Waals surface area (Å²) in [6.07, 6.45) is 3.54. The van der Waals surface area contributed by atoms with Gasteiger partial charge < -0.3 is 15.2 Å². The van der Waals surface area contributed by atoms with Crippen molar-refractivity contribution in [3.05, 3.63) is 29.1 Å². The molecule has 0 saturated heterocycles. The molecule has 1 unspecified atom stereocenters. The van der Waals surface area contributed by atoms with Crippen molar-refractivity contribution in [1.82, 2.24) is 19.9 Å². The van der Waals surface area contributed by atoms with Crippen molar-refractivity contribution in [3.8, 4) is 0 Å². The minimum Gasteiger partial charge on any atom is -0.394 e. The molecule has 0 aliphatic heterocycles. The first-order chi connectivity index (χ1) is 7.63. The number of aliphatic hydroxyl groups is 2. The average molecular weight is 224 g/mol. The van der Waals surface area contributed by atoms with Crippen LogP contribution in [0.3, 0.4) is 0 Å². The van der Waals surface area contributed by atoms with Crippen LogP contribution < -0.4 is 5.56 Å². The van der Waals surface area contributed by atoms with Gasteiger partial charge >= 0.3 is 0 Å². The number of aliphatic hydroxyl groups excluding tert-OH is 2. The predicted octanol–water partition coefficient (Wildman–Crippen LogP) is -0.927. The molecule has 2 aromatic rings. The zero-order chi connectivity index (χ0) is 12.0. The number of aromatic amines is 1. The fourth-order valence-electron chi connectivity index (χ4n) is 0.790. The monoisotopic (exact) mass is 224 g/mol. The fourth-order valence-corrected chi connectivity index (χ4v) is 0.790. The Morgan fingerprint density at radius 2 is 2.12 bits per heavy atom. The molecular formula is C9H12N4O3. The SMILES string of the molecule is CC(O)CO.O=c1cnc2cncnc2[nH]1. The van der Waals surface area contributed by atoms with Crippen LogP contribution in [0.15, 0.2) is 23.5 Å². The molecule has 0 spiro atoms. The van der Waals surface area contributed by atoms with Gasteiger partial charge in [0, 0.05) is 0 Å². The summed E-state index contributed by atoms with van der Waals surface area (Å²) in [4.78, 5) is 24.6. The highest BCUT2D eigenvalue weighted by molar-refractivity contribution is 5.66. The predicted molar refractivity (Wildman–Crippen MR) is 56.7 cm³/mol. The van der Waals surface area contributed by atoms with E-state index in [9.17, 15) is 4.79 Å². The molecule has 0 bridgehead atoms. The van der Waals surface area contributed by atoms with Gasteiger partial charge in [-0.05, 0) is 6.92 Å². The molecule has 2 heterocycles. The second-order valence-corrected chi connectivity index (χ2v) is 3.04. The van der Waals surface area contributed by atoms with Gasteiger partial charge in [-0.3, -0.25) is 4.79 Å². The van der Waals surface area contributed by atoms with Gasteiger partial charge in [-0.15, -0.1) is 0 Å². The molecule has 0 aromatic carbocycles. The summed E-state index contributed by atoms with van der Waals surface area (Å²) in [5, 5.41) is 16.0. The molecule has 0 aliphatic rings. The highest BCUT2D eigenvalue weighted by atomic mass is 16.3. The quantitative estimate of drug-likeness (QED) is 0.577. The number of hydrogen-bond acceptors (Lipinski definition) is 6. The van der Waals surface area contributed by atoms with Gasteiger partial charge in [0.05, 0.1) is 25.1 Å². The third kappa shape index (κ3) is 3.71. The Balaban J connectivity index is 0.000000221. The summed E-state index contributed by atoms with van der Waals surface area (Å²) in [5.41, 5.74) is 0.802. The fraction of sp³-hybridized carbons (Fsp3) is 0.333.